The number of aromatic nitrogens is 2. The summed E-state index contributed by atoms with van der Waals surface area (Å²) in [7, 11) is 1.30. The molecule has 5 nitrogen and oxygen atoms in total. The maximum atomic E-state index is 11.2. The minimum atomic E-state index is -0.523. The van der Waals surface area contributed by atoms with Crippen LogP contribution in [-0.2, 0) is 4.74 Å². The predicted molar refractivity (Wildman–Crippen MR) is 69.4 cm³/mol. The van der Waals surface area contributed by atoms with Crippen molar-refractivity contribution in [2.24, 2.45) is 0 Å². The second kappa shape index (κ2) is 5.48. The van der Waals surface area contributed by atoms with Gasteiger partial charge in [-0.2, -0.15) is 0 Å². The molecule has 0 saturated carbocycles. The number of benzene rings is 1. The van der Waals surface area contributed by atoms with E-state index in [4.69, 9.17) is 4.74 Å². The van der Waals surface area contributed by atoms with Crippen molar-refractivity contribution in [2.45, 2.75) is 13.8 Å². The van der Waals surface area contributed by atoms with E-state index in [2.05, 4.69) is 20.8 Å². The number of carbonyl (C=O) groups is 1. The first-order valence-electron chi connectivity index (χ1n) is 5.75. The van der Waals surface area contributed by atoms with Crippen LogP contribution in [-0.4, -0.2) is 23.0 Å². The maximum Gasteiger partial charge on any atom is 0.358 e. The lowest BCUT2D eigenvalue weighted by molar-refractivity contribution is 0.0593. The number of methoxy groups -OCH3 is 1. The Morgan fingerprint density at radius 1 is 1.05 bits per heavy atom. The molecule has 0 atom stereocenters. The fraction of sp³-hybridized carbons (Fsp3) is 0.214. The van der Waals surface area contributed by atoms with Crippen LogP contribution in [0.15, 0.2) is 30.6 Å². The fourth-order valence-electron chi connectivity index (χ4n) is 1.69. The van der Waals surface area contributed by atoms with Crippen LogP contribution in [0, 0.1) is 13.8 Å². The molecule has 1 aromatic carbocycles. The lowest BCUT2D eigenvalue weighted by Gasteiger charge is -2.06. The van der Waals surface area contributed by atoms with Crippen molar-refractivity contribution in [2.75, 3.05) is 7.11 Å². The predicted octanol–water partition coefficient (Wildman–Crippen LogP) is 2.67. The monoisotopic (exact) mass is 258 g/mol. The third-order valence-electron chi connectivity index (χ3n) is 2.44. The third kappa shape index (κ3) is 3.28. The van der Waals surface area contributed by atoms with Gasteiger partial charge in [0.1, 0.15) is 5.75 Å². The molecular formula is C14H14N2O3. The van der Waals surface area contributed by atoms with E-state index in [1.54, 1.807) is 0 Å². The second-order valence-electron chi connectivity index (χ2n) is 4.16. The van der Waals surface area contributed by atoms with Gasteiger partial charge in [-0.3, -0.25) is 0 Å². The molecule has 0 N–H and O–H groups in total. The Labute approximate surface area is 111 Å². The van der Waals surface area contributed by atoms with Crippen molar-refractivity contribution in [1.82, 2.24) is 9.97 Å². The number of carbonyl (C=O) groups excluding carboxylic acids is 1. The van der Waals surface area contributed by atoms with Crippen molar-refractivity contribution in [3.05, 3.63) is 47.4 Å². The molecule has 0 amide bonds. The lowest BCUT2D eigenvalue weighted by Crippen LogP contribution is -2.04. The molecular weight excluding hydrogens is 244 g/mol. The second-order valence-corrected chi connectivity index (χ2v) is 4.16. The normalized spacial score (nSPS) is 10.1. The summed E-state index contributed by atoms with van der Waals surface area (Å²) < 4.78 is 10.1. The molecule has 0 aliphatic carbocycles. The van der Waals surface area contributed by atoms with Gasteiger partial charge < -0.3 is 9.47 Å². The number of hydrogen-bond acceptors (Lipinski definition) is 5. The Morgan fingerprint density at radius 3 is 2.26 bits per heavy atom. The average Bonchev–Trinajstić information content (AvgIpc) is 2.37. The van der Waals surface area contributed by atoms with Crippen molar-refractivity contribution in [3.8, 4) is 11.6 Å². The molecule has 2 aromatic rings. The van der Waals surface area contributed by atoms with Crippen LogP contribution >= 0.6 is 0 Å². The Morgan fingerprint density at radius 2 is 1.74 bits per heavy atom. The zero-order valence-electron chi connectivity index (χ0n) is 11.0. The summed E-state index contributed by atoms with van der Waals surface area (Å²) in [5.41, 5.74) is 2.36. The van der Waals surface area contributed by atoms with E-state index in [0.29, 0.717) is 11.6 Å². The molecule has 5 heteroatoms. The van der Waals surface area contributed by atoms with E-state index in [9.17, 15) is 4.79 Å². The molecule has 0 aliphatic heterocycles. The van der Waals surface area contributed by atoms with Crippen LogP contribution in [0.3, 0.4) is 0 Å². The third-order valence-corrected chi connectivity index (χ3v) is 2.44. The highest BCUT2D eigenvalue weighted by atomic mass is 16.5. The average molecular weight is 258 g/mol. The van der Waals surface area contributed by atoms with Crippen LogP contribution in [0.25, 0.3) is 0 Å². The Hall–Kier alpha value is -2.43. The maximum absolute atomic E-state index is 11.2. The lowest BCUT2D eigenvalue weighted by atomic mass is 10.1. The van der Waals surface area contributed by atoms with E-state index in [1.807, 2.05) is 26.0 Å². The van der Waals surface area contributed by atoms with Gasteiger partial charge in [-0.25, -0.2) is 14.8 Å². The molecule has 19 heavy (non-hydrogen) atoms. The summed E-state index contributed by atoms with van der Waals surface area (Å²) in [5, 5.41) is 0. The van der Waals surface area contributed by atoms with Crippen molar-refractivity contribution >= 4 is 5.97 Å². The molecule has 2 rings (SSSR count). The van der Waals surface area contributed by atoms with Gasteiger partial charge >= 0.3 is 5.97 Å². The topological polar surface area (TPSA) is 61.3 Å². The highest BCUT2D eigenvalue weighted by molar-refractivity contribution is 5.86. The van der Waals surface area contributed by atoms with Crippen LogP contribution in [0.4, 0.5) is 0 Å². The Kier molecular flexibility index (Phi) is 3.75. The molecule has 0 saturated heterocycles. The highest BCUT2D eigenvalue weighted by Crippen LogP contribution is 2.21. The SMILES string of the molecule is COC(=O)c1cnc(Oc2cc(C)cc(C)c2)cn1. The van der Waals surface area contributed by atoms with Gasteiger partial charge in [-0.1, -0.05) is 6.07 Å². The van der Waals surface area contributed by atoms with Crippen molar-refractivity contribution < 1.29 is 14.3 Å². The quantitative estimate of drug-likeness (QED) is 0.792. The summed E-state index contributed by atoms with van der Waals surface area (Å²) in [6, 6.07) is 5.87. The number of nitrogens with zero attached hydrogens (tertiary/aromatic N) is 2. The Balaban J connectivity index is 2.17. The number of rotatable bonds is 3. The smallest absolute Gasteiger partial charge is 0.358 e. The standard InChI is InChI=1S/C14H14N2O3/c1-9-4-10(2)6-11(5-9)19-13-8-15-12(7-16-13)14(17)18-3/h4-8H,1-3H3. The van der Waals surface area contributed by atoms with E-state index >= 15 is 0 Å². The molecule has 0 unspecified atom stereocenters. The van der Waals surface area contributed by atoms with E-state index in [1.165, 1.54) is 19.5 Å². The molecule has 1 aromatic heterocycles. The summed E-state index contributed by atoms with van der Waals surface area (Å²) >= 11 is 0. The zero-order chi connectivity index (χ0) is 13.8. The first-order valence-corrected chi connectivity index (χ1v) is 5.75. The van der Waals surface area contributed by atoms with Gasteiger partial charge in [-0.15, -0.1) is 0 Å². The first kappa shape index (κ1) is 13.0. The highest BCUT2D eigenvalue weighted by Gasteiger charge is 2.08. The van der Waals surface area contributed by atoms with Crippen LogP contribution in [0.2, 0.25) is 0 Å². The van der Waals surface area contributed by atoms with E-state index in [0.717, 1.165) is 11.1 Å². The van der Waals surface area contributed by atoms with Gasteiger partial charge in [-0.05, 0) is 37.1 Å². The van der Waals surface area contributed by atoms with E-state index < -0.39 is 5.97 Å². The Bertz CT molecular complexity index is 574. The molecule has 0 spiro atoms. The largest absolute Gasteiger partial charge is 0.464 e. The van der Waals surface area contributed by atoms with Crippen LogP contribution in [0.1, 0.15) is 21.6 Å². The molecule has 0 radical (unpaired) electrons. The summed E-state index contributed by atoms with van der Waals surface area (Å²) in [5.74, 6) is 0.501. The summed E-state index contributed by atoms with van der Waals surface area (Å²) in [4.78, 5) is 19.2. The summed E-state index contributed by atoms with van der Waals surface area (Å²) in [6.07, 6.45) is 2.72. The minimum Gasteiger partial charge on any atom is -0.464 e. The molecule has 98 valence electrons. The molecule has 0 fully saturated rings. The van der Waals surface area contributed by atoms with Gasteiger partial charge in [0.15, 0.2) is 5.69 Å². The minimum absolute atomic E-state index is 0.148. The number of esters is 1. The zero-order valence-corrected chi connectivity index (χ0v) is 11.0. The molecule has 0 aliphatic rings. The number of hydrogen-bond donors (Lipinski definition) is 0. The van der Waals surface area contributed by atoms with Crippen LogP contribution < -0.4 is 4.74 Å². The number of ether oxygens (including phenoxy) is 2. The van der Waals surface area contributed by atoms with Crippen LogP contribution in [0.5, 0.6) is 11.6 Å². The van der Waals surface area contributed by atoms with Gasteiger partial charge in [0, 0.05) is 0 Å². The van der Waals surface area contributed by atoms with Gasteiger partial charge in [0.05, 0.1) is 19.5 Å². The van der Waals surface area contributed by atoms with E-state index in [-0.39, 0.29) is 5.69 Å². The van der Waals surface area contributed by atoms with Gasteiger partial charge in [0.2, 0.25) is 5.88 Å². The fourth-order valence-corrected chi connectivity index (χ4v) is 1.69. The van der Waals surface area contributed by atoms with Crippen molar-refractivity contribution in [1.29, 1.82) is 0 Å². The molecule has 0 bridgehead atoms. The molecule has 1 heterocycles. The summed E-state index contributed by atoms with van der Waals surface area (Å²) in [6.45, 7) is 3.98. The van der Waals surface area contributed by atoms with Gasteiger partial charge in [0.25, 0.3) is 0 Å². The first-order chi connectivity index (χ1) is 9.08. The number of aryl methyl sites for hydroxylation is 2. The van der Waals surface area contributed by atoms with Crippen molar-refractivity contribution in [3.63, 3.8) is 0 Å².